The minimum absolute atomic E-state index is 0.226. The highest BCUT2D eigenvalue weighted by molar-refractivity contribution is 7.80. The number of allylic oxidation sites excluding steroid dienone is 7. The lowest BCUT2D eigenvalue weighted by Crippen LogP contribution is -2.61. The van der Waals surface area contributed by atoms with E-state index in [0.717, 1.165) is 70.6 Å². The normalized spacial score (nSPS) is 20.4. The van der Waals surface area contributed by atoms with E-state index in [1.54, 1.807) is 6.08 Å². The van der Waals surface area contributed by atoms with Crippen LogP contribution in [-0.2, 0) is 28.9 Å². The number of aliphatic hydroxyl groups excluding tert-OH is 5. The minimum atomic E-state index is -5.13. The van der Waals surface area contributed by atoms with Gasteiger partial charge in [0.2, 0.25) is 5.91 Å². The fourth-order valence-corrected chi connectivity index (χ4v) is 9.23. The molecular weight excluding hydrogens is 911 g/mol. The molecule has 7 N–H and O–H groups in total. The van der Waals surface area contributed by atoms with E-state index in [4.69, 9.17) is 9.47 Å². The second kappa shape index (κ2) is 45.6. The number of hydrogen-bond donors (Lipinski definition) is 7. The summed E-state index contributed by atoms with van der Waals surface area (Å²) in [7, 11) is -5.13. The Labute approximate surface area is 426 Å². The van der Waals surface area contributed by atoms with Crippen LogP contribution in [-0.4, -0.2) is 107 Å². The highest BCUT2D eigenvalue weighted by atomic mass is 32.3. The molecule has 0 bridgehead atoms. The van der Waals surface area contributed by atoms with Gasteiger partial charge in [0.1, 0.15) is 30.5 Å². The summed E-state index contributed by atoms with van der Waals surface area (Å²) in [6.07, 6.45) is 46.2. The fourth-order valence-electron chi connectivity index (χ4n) is 8.72. The molecule has 1 aliphatic heterocycles. The van der Waals surface area contributed by atoms with Crippen molar-refractivity contribution in [3.8, 4) is 0 Å². The third-order valence-electron chi connectivity index (χ3n) is 13.2. The smallest absolute Gasteiger partial charge is 0.394 e. The first-order valence-corrected chi connectivity index (χ1v) is 29.5. The summed E-state index contributed by atoms with van der Waals surface area (Å²) in [5.74, 6) is -0.720. The molecule has 0 saturated carbocycles. The van der Waals surface area contributed by atoms with Gasteiger partial charge >= 0.3 is 10.4 Å². The summed E-state index contributed by atoms with van der Waals surface area (Å²) < 4.78 is 47.7. The number of hydrogen-bond acceptors (Lipinski definition) is 11. The number of unbranched alkanes of at least 4 members (excludes halogenated alkanes) is 29. The Kier molecular flexibility index (Phi) is 43.0. The lowest BCUT2D eigenvalue weighted by atomic mass is 9.99. The molecule has 70 heavy (non-hydrogen) atoms. The molecule has 0 aromatic carbocycles. The molecule has 0 aliphatic carbocycles. The van der Waals surface area contributed by atoms with E-state index in [2.05, 4.69) is 59.8 Å². The van der Waals surface area contributed by atoms with Gasteiger partial charge in [-0.05, 0) is 70.6 Å². The van der Waals surface area contributed by atoms with Crippen molar-refractivity contribution in [3.63, 3.8) is 0 Å². The zero-order valence-electron chi connectivity index (χ0n) is 43.9. The van der Waals surface area contributed by atoms with Gasteiger partial charge in [0, 0.05) is 0 Å². The topological polar surface area (TPSA) is 212 Å². The standard InChI is InChI=1S/C56H103NO12S/c1-3-5-7-9-11-13-15-17-19-21-23-24-25-27-29-31-33-35-37-39-41-43-45-50(60)55(63)57-48(47-67-56-53(62)54(69-70(64,65)66)52(61)51(46-58)68-56)49(59)44-42-40-38-36-34-32-30-28-26-22-20-18-16-14-12-10-8-6-4-2/h26-29,34,36,42,44,48-54,56,58-62H,3-25,30-33,35,37-41,43,45-47H2,1-2H3,(H,57,63)(H,64,65,66)/b28-26+,29-27-,36-34+,44-42+. The van der Waals surface area contributed by atoms with E-state index in [9.17, 15) is 43.3 Å². The Balaban J connectivity index is 2.49. The van der Waals surface area contributed by atoms with Crippen LogP contribution in [0, 0.1) is 0 Å². The summed E-state index contributed by atoms with van der Waals surface area (Å²) in [5, 5.41) is 55.5. The van der Waals surface area contributed by atoms with Crippen LogP contribution in [0.1, 0.15) is 239 Å². The number of amides is 1. The van der Waals surface area contributed by atoms with Crippen LogP contribution in [0.25, 0.3) is 0 Å². The molecule has 0 spiro atoms. The van der Waals surface area contributed by atoms with Crippen molar-refractivity contribution in [1.29, 1.82) is 0 Å². The van der Waals surface area contributed by atoms with Gasteiger partial charge in [-0.25, -0.2) is 4.18 Å². The van der Waals surface area contributed by atoms with Crippen molar-refractivity contribution in [3.05, 3.63) is 48.6 Å². The van der Waals surface area contributed by atoms with Gasteiger partial charge in [-0.15, -0.1) is 0 Å². The number of aliphatic hydroxyl groups is 5. The molecule has 1 fully saturated rings. The van der Waals surface area contributed by atoms with Crippen LogP contribution in [0.2, 0.25) is 0 Å². The van der Waals surface area contributed by atoms with Crippen LogP contribution >= 0.6 is 0 Å². The van der Waals surface area contributed by atoms with Crippen LogP contribution in [0.4, 0.5) is 0 Å². The Morgan fingerprint density at radius 1 is 0.571 bits per heavy atom. The van der Waals surface area contributed by atoms with Crippen molar-refractivity contribution in [1.82, 2.24) is 5.32 Å². The molecular formula is C56H103NO12S. The third kappa shape index (κ3) is 36.9. The maximum absolute atomic E-state index is 13.2. The van der Waals surface area contributed by atoms with E-state index < -0.39 is 78.5 Å². The van der Waals surface area contributed by atoms with Gasteiger partial charge in [0.15, 0.2) is 6.29 Å². The summed E-state index contributed by atoms with van der Waals surface area (Å²) in [6, 6.07) is -1.15. The molecule has 8 atom stereocenters. The van der Waals surface area contributed by atoms with Gasteiger partial charge in [-0.2, -0.15) is 8.42 Å². The number of nitrogens with one attached hydrogen (secondary N) is 1. The molecule has 0 aromatic rings. The summed E-state index contributed by atoms with van der Waals surface area (Å²) in [4.78, 5) is 13.2. The minimum Gasteiger partial charge on any atom is -0.394 e. The predicted octanol–water partition coefficient (Wildman–Crippen LogP) is 11.8. The van der Waals surface area contributed by atoms with Crippen LogP contribution in [0.3, 0.4) is 0 Å². The predicted molar refractivity (Wildman–Crippen MR) is 284 cm³/mol. The molecule has 1 saturated heterocycles. The Morgan fingerprint density at radius 2 is 0.957 bits per heavy atom. The lowest BCUT2D eigenvalue weighted by Gasteiger charge is -2.41. The molecule has 0 aromatic heterocycles. The SMILES string of the molecule is CCCCCCCCCCC/C=C/CC/C=C/CC/C=C/C(O)C(COC1OC(CO)C(O)C(OS(=O)(=O)O)C1O)NC(=O)C(O)CCCCCCCC/C=C\CCCCCCCCCCCCCC. The molecule has 1 aliphatic rings. The van der Waals surface area contributed by atoms with Crippen molar-refractivity contribution in [2.75, 3.05) is 13.2 Å². The van der Waals surface area contributed by atoms with Crippen molar-refractivity contribution in [2.45, 2.75) is 288 Å². The second-order valence-corrected chi connectivity index (χ2v) is 20.7. The van der Waals surface area contributed by atoms with Gasteiger partial charge < -0.3 is 40.3 Å². The van der Waals surface area contributed by atoms with E-state index in [1.165, 1.54) is 141 Å². The number of carbonyl (C=O) groups is 1. The number of rotatable bonds is 48. The van der Waals surface area contributed by atoms with E-state index in [-0.39, 0.29) is 6.42 Å². The third-order valence-corrected chi connectivity index (χ3v) is 13.6. The summed E-state index contributed by atoms with van der Waals surface area (Å²) in [5.41, 5.74) is 0. The second-order valence-electron chi connectivity index (χ2n) is 19.6. The first-order chi connectivity index (χ1) is 33.9. The van der Waals surface area contributed by atoms with Crippen LogP contribution in [0.5, 0.6) is 0 Å². The highest BCUT2D eigenvalue weighted by Gasteiger charge is 2.48. The van der Waals surface area contributed by atoms with E-state index >= 15 is 0 Å². The monoisotopic (exact) mass is 1010 g/mol. The van der Waals surface area contributed by atoms with Crippen molar-refractivity contribution >= 4 is 16.3 Å². The van der Waals surface area contributed by atoms with Gasteiger partial charge in [0.25, 0.3) is 0 Å². The van der Waals surface area contributed by atoms with E-state index in [0.29, 0.717) is 12.8 Å². The first-order valence-electron chi connectivity index (χ1n) is 28.1. The largest absolute Gasteiger partial charge is 0.397 e. The molecule has 1 heterocycles. The van der Waals surface area contributed by atoms with Crippen molar-refractivity contribution < 1.29 is 57.0 Å². The lowest BCUT2D eigenvalue weighted by molar-refractivity contribution is -0.298. The van der Waals surface area contributed by atoms with Crippen LogP contribution in [0.15, 0.2) is 48.6 Å². The maximum atomic E-state index is 13.2. The highest BCUT2D eigenvalue weighted by Crippen LogP contribution is 2.26. The summed E-state index contributed by atoms with van der Waals surface area (Å²) >= 11 is 0. The molecule has 13 nitrogen and oxygen atoms in total. The summed E-state index contributed by atoms with van der Waals surface area (Å²) in [6.45, 7) is 3.22. The molecule has 8 unspecified atom stereocenters. The number of carbonyl (C=O) groups excluding carboxylic acids is 1. The maximum Gasteiger partial charge on any atom is 0.397 e. The Morgan fingerprint density at radius 3 is 1.37 bits per heavy atom. The van der Waals surface area contributed by atoms with Crippen molar-refractivity contribution in [2.24, 2.45) is 0 Å². The molecule has 1 rings (SSSR count). The van der Waals surface area contributed by atoms with Gasteiger partial charge in [-0.3, -0.25) is 9.35 Å². The molecule has 1 amide bonds. The zero-order valence-corrected chi connectivity index (χ0v) is 44.8. The molecule has 410 valence electrons. The quantitative estimate of drug-likeness (QED) is 0.0172. The van der Waals surface area contributed by atoms with E-state index in [1.807, 2.05) is 0 Å². The average molecular weight is 1010 g/mol. The zero-order chi connectivity index (χ0) is 51.3. The molecule has 0 radical (unpaired) electrons. The number of ether oxygens (including phenoxy) is 2. The van der Waals surface area contributed by atoms with Gasteiger partial charge in [-0.1, -0.05) is 217 Å². The van der Waals surface area contributed by atoms with Gasteiger partial charge in [0.05, 0.1) is 25.4 Å². The average Bonchev–Trinajstić information content (AvgIpc) is 3.33. The fraction of sp³-hybridized carbons (Fsp3) is 0.839. The Hall–Kier alpha value is -1.98. The van der Waals surface area contributed by atoms with Crippen LogP contribution < -0.4 is 5.32 Å². The Bertz CT molecular complexity index is 1440. The molecule has 14 heteroatoms. The first kappa shape index (κ1) is 66.0.